The molecule has 2 rings (SSSR count). The molecule has 2 aromatic rings. The third-order valence-corrected chi connectivity index (χ3v) is 6.11. The lowest BCUT2D eigenvalue weighted by atomic mass is 10.1. The molecule has 1 amide bonds. The number of thiophene rings is 1. The van der Waals surface area contributed by atoms with E-state index in [4.69, 9.17) is 0 Å². The highest BCUT2D eigenvalue weighted by Crippen LogP contribution is 2.22. The van der Waals surface area contributed by atoms with E-state index in [1.807, 2.05) is 20.1 Å². The molecular formula is C20H30N4OS2. The van der Waals surface area contributed by atoms with E-state index < -0.39 is 0 Å². The fourth-order valence-electron chi connectivity index (χ4n) is 3.29. The van der Waals surface area contributed by atoms with E-state index in [0.717, 1.165) is 35.2 Å². The van der Waals surface area contributed by atoms with Crippen molar-refractivity contribution in [2.45, 2.75) is 51.7 Å². The lowest BCUT2D eigenvalue weighted by Crippen LogP contribution is -2.38. The highest BCUT2D eigenvalue weighted by atomic mass is 32.2. The van der Waals surface area contributed by atoms with Gasteiger partial charge in [0, 0.05) is 24.4 Å². The number of carbonyl (C=O) groups excluding carboxylic acids is 1. The first-order valence-corrected chi connectivity index (χ1v) is 11.6. The predicted octanol–water partition coefficient (Wildman–Crippen LogP) is 4.01. The van der Waals surface area contributed by atoms with Gasteiger partial charge in [0.15, 0.2) is 5.16 Å². The minimum absolute atomic E-state index is 0.0788. The Hall–Kier alpha value is -1.44. The molecule has 0 fully saturated rings. The SMILES string of the molecule is CCN(CC)C(CNC(=O)CCc1c(C)nc(SC)nc1C)c1ccsc1. The van der Waals surface area contributed by atoms with Crippen LogP contribution in [-0.4, -0.2) is 46.7 Å². The van der Waals surface area contributed by atoms with Gasteiger partial charge in [-0.2, -0.15) is 11.3 Å². The summed E-state index contributed by atoms with van der Waals surface area (Å²) < 4.78 is 0. The van der Waals surface area contributed by atoms with Crippen LogP contribution >= 0.6 is 23.1 Å². The van der Waals surface area contributed by atoms with Crippen molar-refractivity contribution in [2.24, 2.45) is 0 Å². The topological polar surface area (TPSA) is 58.1 Å². The standard InChI is InChI=1S/C20H30N4OS2/c1-6-24(7-2)18(16-10-11-27-13-16)12-21-19(25)9-8-17-14(3)22-20(26-5)23-15(17)4/h10-11,13,18H,6-9,12H2,1-5H3,(H,21,25). The molecule has 0 aliphatic carbocycles. The van der Waals surface area contributed by atoms with E-state index in [1.165, 1.54) is 5.56 Å². The van der Waals surface area contributed by atoms with Gasteiger partial charge in [-0.1, -0.05) is 25.6 Å². The van der Waals surface area contributed by atoms with Gasteiger partial charge in [-0.3, -0.25) is 9.69 Å². The number of rotatable bonds is 10. The third kappa shape index (κ3) is 6.02. The highest BCUT2D eigenvalue weighted by Gasteiger charge is 2.19. The van der Waals surface area contributed by atoms with E-state index >= 15 is 0 Å². The molecule has 7 heteroatoms. The smallest absolute Gasteiger partial charge is 0.220 e. The molecule has 1 atom stereocenters. The number of thioether (sulfide) groups is 1. The number of aromatic nitrogens is 2. The van der Waals surface area contributed by atoms with Crippen LogP contribution in [0.3, 0.4) is 0 Å². The maximum absolute atomic E-state index is 12.5. The highest BCUT2D eigenvalue weighted by molar-refractivity contribution is 7.98. The molecule has 0 aliphatic rings. The maximum atomic E-state index is 12.5. The number of carbonyl (C=O) groups is 1. The van der Waals surface area contributed by atoms with Crippen LogP contribution in [0.5, 0.6) is 0 Å². The largest absolute Gasteiger partial charge is 0.354 e. The molecule has 5 nitrogen and oxygen atoms in total. The molecule has 0 radical (unpaired) electrons. The molecule has 2 aromatic heterocycles. The van der Waals surface area contributed by atoms with Crippen LogP contribution < -0.4 is 5.32 Å². The summed E-state index contributed by atoms with van der Waals surface area (Å²) >= 11 is 3.24. The Balaban J connectivity index is 1.95. The second-order valence-electron chi connectivity index (χ2n) is 6.46. The molecule has 0 saturated heterocycles. The second kappa shape index (κ2) is 10.8. The summed E-state index contributed by atoms with van der Waals surface area (Å²) in [5, 5.41) is 8.19. The predicted molar refractivity (Wildman–Crippen MR) is 115 cm³/mol. The Kier molecular flexibility index (Phi) is 8.73. The average molecular weight is 407 g/mol. The summed E-state index contributed by atoms with van der Waals surface area (Å²) in [6.07, 6.45) is 3.10. The van der Waals surface area contributed by atoms with Crippen molar-refractivity contribution in [3.05, 3.63) is 39.3 Å². The monoisotopic (exact) mass is 406 g/mol. The van der Waals surface area contributed by atoms with Gasteiger partial charge in [0.2, 0.25) is 5.91 Å². The van der Waals surface area contributed by atoms with Gasteiger partial charge in [0.25, 0.3) is 0 Å². The quantitative estimate of drug-likeness (QED) is 0.477. The van der Waals surface area contributed by atoms with Crippen LogP contribution in [0.15, 0.2) is 22.0 Å². The Labute approximate surface area is 171 Å². The molecule has 0 aromatic carbocycles. The Morgan fingerprint density at radius 2 is 1.93 bits per heavy atom. The summed E-state index contributed by atoms with van der Waals surface area (Å²) in [6.45, 7) is 10.9. The van der Waals surface area contributed by atoms with Crippen molar-refractivity contribution >= 4 is 29.0 Å². The van der Waals surface area contributed by atoms with Gasteiger partial charge in [0.05, 0.1) is 6.04 Å². The summed E-state index contributed by atoms with van der Waals surface area (Å²) in [5.41, 5.74) is 4.30. The molecule has 1 unspecified atom stereocenters. The van der Waals surface area contributed by atoms with E-state index in [1.54, 1.807) is 23.1 Å². The lowest BCUT2D eigenvalue weighted by Gasteiger charge is -2.29. The Bertz CT molecular complexity index is 707. The van der Waals surface area contributed by atoms with Crippen LogP contribution in [0.2, 0.25) is 0 Å². The van der Waals surface area contributed by atoms with E-state index in [0.29, 0.717) is 19.4 Å². The summed E-state index contributed by atoms with van der Waals surface area (Å²) in [6, 6.07) is 2.37. The minimum Gasteiger partial charge on any atom is -0.354 e. The Morgan fingerprint density at radius 1 is 1.26 bits per heavy atom. The van der Waals surface area contributed by atoms with Gasteiger partial charge < -0.3 is 5.32 Å². The summed E-state index contributed by atoms with van der Waals surface area (Å²) in [5.74, 6) is 0.0788. The van der Waals surface area contributed by atoms with E-state index in [9.17, 15) is 4.79 Å². The molecule has 1 N–H and O–H groups in total. The van der Waals surface area contributed by atoms with Crippen LogP contribution in [0.4, 0.5) is 0 Å². The first-order chi connectivity index (χ1) is 13.0. The number of nitrogens with one attached hydrogen (secondary N) is 1. The van der Waals surface area contributed by atoms with Crippen molar-refractivity contribution in [1.82, 2.24) is 20.2 Å². The van der Waals surface area contributed by atoms with Crippen LogP contribution in [0.1, 0.15) is 48.8 Å². The molecule has 0 saturated carbocycles. The van der Waals surface area contributed by atoms with Crippen molar-refractivity contribution in [3.8, 4) is 0 Å². The normalized spacial score (nSPS) is 12.4. The zero-order valence-electron chi connectivity index (χ0n) is 16.9. The zero-order valence-corrected chi connectivity index (χ0v) is 18.5. The second-order valence-corrected chi connectivity index (χ2v) is 8.01. The number of hydrogen-bond acceptors (Lipinski definition) is 6. The van der Waals surface area contributed by atoms with Gasteiger partial charge in [-0.25, -0.2) is 9.97 Å². The molecular weight excluding hydrogens is 376 g/mol. The van der Waals surface area contributed by atoms with Gasteiger partial charge >= 0.3 is 0 Å². The molecule has 27 heavy (non-hydrogen) atoms. The van der Waals surface area contributed by atoms with E-state index in [-0.39, 0.29) is 11.9 Å². The van der Waals surface area contributed by atoms with E-state index in [2.05, 4.69) is 50.9 Å². The van der Waals surface area contributed by atoms with Crippen molar-refractivity contribution in [2.75, 3.05) is 25.9 Å². The minimum atomic E-state index is 0.0788. The van der Waals surface area contributed by atoms with Crippen LogP contribution in [-0.2, 0) is 11.2 Å². The third-order valence-electron chi connectivity index (χ3n) is 4.86. The van der Waals surface area contributed by atoms with Crippen molar-refractivity contribution < 1.29 is 4.79 Å². The van der Waals surface area contributed by atoms with Crippen LogP contribution in [0, 0.1) is 13.8 Å². The molecule has 148 valence electrons. The number of hydrogen-bond donors (Lipinski definition) is 1. The molecule has 2 heterocycles. The van der Waals surface area contributed by atoms with Gasteiger partial charge in [-0.15, -0.1) is 0 Å². The van der Waals surface area contributed by atoms with Crippen molar-refractivity contribution in [1.29, 1.82) is 0 Å². The number of aryl methyl sites for hydroxylation is 2. The fraction of sp³-hybridized carbons (Fsp3) is 0.550. The van der Waals surface area contributed by atoms with Crippen LogP contribution in [0.25, 0.3) is 0 Å². The average Bonchev–Trinajstić information content (AvgIpc) is 3.18. The summed E-state index contributed by atoms with van der Waals surface area (Å²) in [4.78, 5) is 23.8. The first kappa shape index (κ1) is 21.9. The summed E-state index contributed by atoms with van der Waals surface area (Å²) in [7, 11) is 0. The van der Waals surface area contributed by atoms with Crippen molar-refractivity contribution in [3.63, 3.8) is 0 Å². The Morgan fingerprint density at radius 3 is 2.44 bits per heavy atom. The van der Waals surface area contributed by atoms with Gasteiger partial charge in [-0.05, 0) is 67.6 Å². The number of nitrogens with zero attached hydrogens (tertiary/aromatic N) is 3. The number of amides is 1. The molecule has 0 bridgehead atoms. The molecule has 0 spiro atoms. The lowest BCUT2D eigenvalue weighted by molar-refractivity contribution is -0.121. The number of likely N-dealkylation sites (N-methyl/N-ethyl adjacent to an activating group) is 1. The fourth-order valence-corrected chi connectivity index (χ4v) is 4.45. The first-order valence-electron chi connectivity index (χ1n) is 9.41. The molecule has 0 aliphatic heterocycles. The zero-order chi connectivity index (χ0) is 19.8. The van der Waals surface area contributed by atoms with Gasteiger partial charge in [0.1, 0.15) is 0 Å². The maximum Gasteiger partial charge on any atom is 0.220 e.